The summed E-state index contributed by atoms with van der Waals surface area (Å²) < 4.78 is 13.3. The summed E-state index contributed by atoms with van der Waals surface area (Å²) in [6.07, 6.45) is 3.03. The summed E-state index contributed by atoms with van der Waals surface area (Å²) in [4.78, 5) is 14.9. The Hall–Kier alpha value is -2.36. The number of likely N-dealkylation sites (tertiary alicyclic amines) is 1. The van der Waals surface area contributed by atoms with E-state index in [1.807, 2.05) is 4.90 Å². The number of anilines is 1. The van der Waals surface area contributed by atoms with Gasteiger partial charge in [0.1, 0.15) is 5.82 Å². The van der Waals surface area contributed by atoms with Gasteiger partial charge in [-0.25, -0.2) is 4.39 Å². The minimum Gasteiger partial charge on any atom is -0.396 e. The van der Waals surface area contributed by atoms with Gasteiger partial charge in [-0.1, -0.05) is 24.3 Å². The van der Waals surface area contributed by atoms with Crippen LogP contribution in [0.25, 0.3) is 0 Å². The van der Waals surface area contributed by atoms with Crippen LogP contribution < -0.4 is 5.73 Å². The van der Waals surface area contributed by atoms with Crippen molar-refractivity contribution in [3.8, 4) is 0 Å². The van der Waals surface area contributed by atoms with E-state index < -0.39 is 5.82 Å². The predicted octanol–water partition coefficient (Wildman–Crippen LogP) is 3.35. The third kappa shape index (κ3) is 2.29. The number of carbonyl (C=O) groups excluding carboxylic acids is 1. The molecule has 2 aromatic carbocycles. The topological polar surface area (TPSA) is 46.3 Å². The summed E-state index contributed by atoms with van der Waals surface area (Å²) >= 11 is 0. The van der Waals surface area contributed by atoms with E-state index in [1.54, 1.807) is 0 Å². The zero-order chi connectivity index (χ0) is 16.0. The van der Waals surface area contributed by atoms with Crippen LogP contribution in [-0.4, -0.2) is 23.4 Å². The maximum absolute atomic E-state index is 13.3. The van der Waals surface area contributed by atoms with Crippen LogP contribution in [0.2, 0.25) is 0 Å². The van der Waals surface area contributed by atoms with E-state index in [9.17, 15) is 9.18 Å². The number of rotatable bonds is 1. The molecule has 2 aromatic rings. The van der Waals surface area contributed by atoms with Gasteiger partial charge >= 0.3 is 0 Å². The van der Waals surface area contributed by atoms with E-state index in [1.165, 1.54) is 29.3 Å². The van der Waals surface area contributed by atoms with Crippen LogP contribution in [-0.2, 0) is 6.42 Å². The molecule has 1 saturated heterocycles. The van der Waals surface area contributed by atoms with Crippen LogP contribution in [0.15, 0.2) is 42.5 Å². The standard InChI is InChI=1S/C19H19FN2O/c20-16-8-7-13(10-17(16)21)19(23)22-9-3-6-15-14-5-2-1-4-12(14)11-18(15)22/h1-2,4-5,7-8,10,15,18H,3,6,9,11,21H2/t15?,18-/m0/s1. The SMILES string of the molecule is Nc1cc(C(=O)N2CCCC3c4ccccc4C[C@@H]32)ccc1F. The molecule has 0 saturated carbocycles. The van der Waals surface area contributed by atoms with Crippen molar-refractivity contribution in [1.29, 1.82) is 0 Å². The third-order valence-corrected chi connectivity index (χ3v) is 5.17. The van der Waals surface area contributed by atoms with Gasteiger partial charge in [0.15, 0.2) is 0 Å². The number of carbonyl (C=O) groups is 1. The molecule has 1 aliphatic heterocycles. The van der Waals surface area contributed by atoms with Gasteiger partial charge < -0.3 is 10.6 Å². The highest BCUT2D eigenvalue weighted by Gasteiger charge is 2.40. The van der Waals surface area contributed by atoms with Crippen LogP contribution in [0.4, 0.5) is 10.1 Å². The monoisotopic (exact) mass is 310 g/mol. The van der Waals surface area contributed by atoms with E-state index in [4.69, 9.17) is 5.73 Å². The van der Waals surface area contributed by atoms with E-state index in [0.29, 0.717) is 11.5 Å². The van der Waals surface area contributed by atoms with Crippen LogP contribution in [0.3, 0.4) is 0 Å². The van der Waals surface area contributed by atoms with Crippen LogP contribution in [0.5, 0.6) is 0 Å². The summed E-state index contributed by atoms with van der Waals surface area (Å²) in [5, 5.41) is 0. The van der Waals surface area contributed by atoms with Crippen molar-refractivity contribution < 1.29 is 9.18 Å². The maximum atomic E-state index is 13.3. The van der Waals surface area contributed by atoms with Gasteiger partial charge in [0.25, 0.3) is 5.91 Å². The number of nitrogens with zero attached hydrogens (tertiary/aromatic N) is 1. The molecule has 4 rings (SSSR count). The molecule has 1 heterocycles. The minimum absolute atomic E-state index is 0.0270. The Bertz CT molecular complexity index is 774. The average molecular weight is 310 g/mol. The molecule has 4 heteroatoms. The Morgan fingerprint density at radius 3 is 2.87 bits per heavy atom. The van der Waals surface area contributed by atoms with Gasteiger partial charge in [0, 0.05) is 24.1 Å². The van der Waals surface area contributed by atoms with Crippen molar-refractivity contribution >= 4 is 11.6 Å². The molecule has 1 fully saturated rings. The van der Waals surface area contributed by atoms with Gasteiger partial charge in [-0.3, -0.25) is 4.79 Å². The van der Waals surface area contributed by atoms with Crippen molar-refractivity contribution in [2.24, 2.45) is 0 Å². The van der Waals surface area contributed by atoms with Crippen molar-refractivity contribution in [1.82, 2.24) is 4.90 Å². The molecule has 1 amide bonds. The number of nitrogen functional groups attached to an aromatic ring is 1. The summed E-state index contributed by atoms with van der Waals surface area (Å²) in [5.74, 6) is -0.104. The zero-order valence-electron chi connectivity index (χ0n) is 12.8. The average Bonchev–Trinajstić information content (AvgIpc) is 2.95. The molecule has 0 spiro atoms. The molecule has 2 atom stereocenters. The first kappa shape index (κ1) is 14.2. The van der Waals surface area contributed by atoms with E-state index in [-0.39, 0.29) is 17.6 Å². The lowest BCUT2D eigenvalue weighted by Gasteiger charge is -2.38. The van der Waals surface area contributed by atoms with Crippen LogP contribution in [0, 0.1) is 5.82 Å². The first-order valence-electron chi connectivity index (χ1n) is 8.09. The third-order valence-electron chi connectivity index (χ3n) is 5.17. The fourth-order valence-electron chi connectivity index (χ4n) is 4.07. The maximum Gasteiger partial charge on any atom is 0.254 e. The summed E-state index contributed by atoms with van der Waals surface area (Å²) in [6.45, 7) is 0.755. The van der Waals surface area contributed by atoms with Gasteiger partial charge in [0.05, 0.1) is 5.69 Å². The fraction of sp³-hybridized carbons (Fsp3) is 0.316. The smallest absolute Gasteiger partial charge is 0.254 e. The Balaban J connectivity index is 1.65. The number of nitrogens with two attached hydrogens (primary N) is 1. The molecule has 3 nitrogen and oxygen atoms in total. The molecule has 0 aromatic heterocycles. The molecule has 2 N–H and O–H groups in total. The van der Waals surface area contributed by atoms with Gasteiger partial charge in [-0.2, -0.15) is 0 Å². The lowest BCUT2D eigenvalue weighted by Crippen LogP contribution is -2.46. The lowest BCUT2D eigenvalue weighted by atomic mass is 9.88. The van der Waals surface area contributed by atoms with Crippen molar-refractivity contribution in [3.63, 3.8) is 0 Å². The normalized spacial score (nSPS) is 22.6. The highest BCUT2D eigenvalue weighted by atomic mass is 19.1. The number of halogens is 1. The molecule has 23 heavy (non-hydrogen) atoms. The fourth-order valence-corrected chi connectivity index (χ4v) is 4.07. The largest absolute Gasteiger partial charge is 0.396 e. The number of benzene rings is 2. The second-order valence-electron chi connectivity index (χ2n) is 6.45. The summed E-state index contributed by atoms with van der Waals surface area (Å²) in [7, 11) is 0. The van der Waals surface area contributed by atoms with Crippen LogP contribution in [0.1, 0.15) is 40.2 Å². The van der Waals surface area contributed by atoms with E-state index >= 15 is 0 Å². The molecular weight excluding hydrogens is 291 g/mol. The number of fused-ring (bicyclic) bond motifs is 3. The second-order valence-corrected chi connectivity index (χ2v) is 6.45. The Morgan fingerprint density at radius 1 is 1.22 bits per heavy atom. The number of hydrogen-bond acceptors (Lipinski definition) is 2. The Labute approximate surface area is 134 Å². The summed E-state index contributed by atoms with van der Waals surface area (Å²) in [5.41, 5.74) is 8.85. The number of hydrogen-bond donors (Lipinski definition) is 1. The summed E-state index contributed by atoms with van der Waals surface area (Å²) in [6, 6.07) is 12.9. The van der Waals surface area contributed by atoms with Crippen LogP contribution >= 0.6 is 0 Å². The van der Waals surface area contributed by atoms with E-state index in [2.05, 4.69) is 24.3 Å². The predicted molar refractivity (Wildman–Crippen MR) is 87.8 cm³/mol. The first-order chi connectivity index (χ1) is 11.1. The molecule has 2 aliphatic rings. The number of amides is 1. The molecule has 0 bridgehead atoms. The van der Waals surface area contributed by atoms with Gasteiger partial charge in [-0.05, 0) is 48.6 Å². The second kappa shape index (κ2) is 5.37. The Morgan fingerprint density at radius 2 is 2.04 bits per heavy atom. The highest BCUT2D eigenvalue weighted by Crippen LogP contribution is 2.42. The van der Waals surface area contributed by atoms with Crippen molar-refractivity contribution in [2.75, 3.05) is 12.3 Å². The molecule has 1 unspecified atom stereocenters. The minimum atomic E-state index is -0.480. The molecule has 118 valence electrons. The highest BCUT2D eigenvalue weighted by molar-refractivity contribution is 5.95. The molecular formula is C19H19FN2O. The quantitative estimate of drug-likeness (QED) is 0.821. The molecule has 0 radical (unpaired) electrons. The van der Waals surface area contributed by atoms with Gasteiger partial charge in [0.2, 0.25) is 0 Å². The Kier molecular flexibility index (Phi) is 3.33. The lowest BCUT2D eigenvalue weighted by molar-refractivity contribution is 0.0595. The number of piperidine rings is 1. The molecule has 1 aliphatic carbocycles. The van der Waals surface area contributed by atoms with Crippen molar-refractivity contribution in [2.45, 2.75) is 31.2 Å². The van der Waals surface area contributed by atoms with Gasteiger partial charge in [-0.15, -0.1) is 0 Å². The zero-order valence-corrected chi connectivity index (χ0v) is 12.8. The van der Waals surface area contributed by atoms with E-state index in [0.717, 1.165) is 25.8 Å². The van der Waals surface area contributed by atoms with Crippen molar-refractivity contribution in [3.05, 3.63) is 65.0 Å². The first-order valence-corrected chi connectivity index (χ1v) is 8.09.